The molecule has 0 aliphatic heterocycles. The molecule has 40 heavy (non-hydrogen) atoms. The first kappa shape index (κ1) is 41.3. The van der Waals surface area contributed by atoms with Crippen molar-refractivity contribution >= 4 is 0 Å². The maximum Gasteiger partial charge on any atom is 0.0782 e. The van der Waals surface area contributed by atoms with Crippen LogP contribution < -0.4 is 12.4 Å². The summed E-state index contributed by atoms with van der Waals surface area (Å²) in [5, 5.41) is 0. The molecule has 0 saturated heterocycles. The number of hydrogen-bond acceptors (Lipinski definition) is 0. The van der Waals surface area contributed by atoms with Crippen LogP contribution in [0.1, 0.15) is 168 Å². The molecule has 0 aromatic rings. The Hall–Kier alpha value is -0.790. The predicted octanol–water partition coefficient (Wildman–Crippen LogP) is 9.69. The monoisotopic (exact) mass is 578 g/mol. The summed E-state index contributed by atoms with van der Waals surface area (Å²) in [7, 11) is 4.89. The molecule has 0 spiro atoms. The highest BCUT2D eigenvalue weighted by Gasteiger charge is 2.13. The van der Waals surface area contributed by atoms with E-state index < -0.39 is 0 Å². The van der Waals surface area contributed by atoms with Crippen LogP contribution in [0.3, 0.4) is 0 Å². The zero-order valence-electron chi connectivity index (χ0n) is 27.8. The highest BCUT2D eigenvalue weighted by molar-refractivity contribution is 4.93. The van der Waals surface area contributed by atoms with Crippen LogP contribution in [0.5, 0.6) is 0 Å². The van der Waals surface area contributed by atoms with Gasteiger partial charge in [-0.25, -0.2) is 0 Å². The molecule has 0 aliphatic rings. The summed E-state index contributed by atoms with van der Waals surface area (Å²) >= 11 is 0. The Bertz CT molecular complexity index is 536. The molecular formula is C38H72ClN. The molecule has 0 radical (unpaired) electrons. The predicted molar refractivity (Wildman–Crippen MR) is 181 cm³/mol. The van der Waals surface area contributed by atoms with Gasteiger partial charge in [0.2, 0.25) is 0 Å². The lowest BCUT2D eigenvalue weighted by Crippen LogP contribution is -3.00. The van der Waals surface area contributed by atoms with Crippen molar-refractivity contribution in [1.29, 1.82) is 0 Å². The molecule has 0 aliphatic carbocycles. The molecule has 0 heterocycles. The second-order valence-electron chi connectivity index (χ2n) is 12.6. The first-order valence-corrected chi connectivity index (χ1v) is 17.5. The lowest BCUT2D eigenvalue weighted by atomic mass is 10.1. The van der Waals surface area contributed by atoms with Crippen LogP contribution in [0.25, 0.3) is 0 Å². The summed E-state index contributed by atoms with van der Waals surface area (Å²) in [4.78, 5) is 0. The number of hydrogen-bond donors (Lipinski definition) is 0. The summed E-state index contributed by atoms with van der Waals surface area (Å²) in [5.41, 5.74) is 0. The van der Waals surface area contributed by atoms with Crippen molar-refractivity contribution in [3.8, 4) is 0 Å². The van der Waals surface area contributed by atoms with E-state index in [4.69, 9.17) is 0 Å². The van der Waals surface area contributed by atoms with Crippen molar-refractivity contribution in [2.24, 2.45) is 0 Å². The van der Waals surface area contributed by atoms with Crippen molar-refractivity contribution in [1.82, 2.24) is 0 Å². The van der Waals surface area contributed by atoms with Crippen LogP contribution in [-0.2, 0) is 0 Å². The van der Waals surface area contributed by atoms with Gasteiger partial charge in [0.05, 0.1) is 27.2 Å². The Labute approximate surface area is 260 Å². The third-order valence-electron chi connectivity index (χ3n) is 7.93. The van der Waals surface area contributed by atoms with Crippen molar-refractivity contribution in [3.63, 3.8) is 0 Å². The zero-order chi connectivity index (χ0) is 28.5. The van der Waals surface area contributed by atoms with Gasteiger partial charge in [-0.3, -0.25) is 0 Å². The highest BCUT2D eigenvalue weighted by Crippen LogP contribution is 2.13. The highest BCUT2D eigenvalue weighted by atomic mass is 35.5. The summed E-state index contributed by atoms with van der Waals surface area (Å²) in [6, 6.07) is 0. The van der Waals surface area contributed by atoms with E-state index in [1.807, 2.05) is 0 Å². The Balaban J connectivity index is 0. The van der Waals surface area contributed by atoms with E-state index in [1.165, 1.54) is 159 Å². The van der Waals surface area contributed by atoms with Gasteiger partial charge in [0.1, 0.15) is 0 Å². The number of allylic oxidation sites excluding steroid dienone is 8. The normalized spacial score (nSPS) is 12.5. The first-order chi connectivity index (χ1) is 19.1. The van der Waals surface area contributed by atoms with Gasteiger partial charge in [0, 0.05) is 0 Å². The fraction of sp³-hybridized carbons (Fsp3) is 0.789. The number of halogens is 1. The Morgan fingerprint density at radius 1 is 0.350 bits per heavy atom. The molecule has 0 unspecified atom stereocenters. The van der Waals surface area contributed by atoms with Gasteiger partial charge in [-0.1, -0.05) is 127 Å². The van der Waals surface area contributed by atoms with Crippen molar-refractivity contribution in [2.45, 2.75) is 168 Å². The number of unbranched alkanes of at least 4 members (excludes halogenated alkanes) is 18. The fourth-order valence-electron chi connectivity index (χ4n) is 5.17. The largest absolute Gasteiger partial charge is 1.00 e. The first-order valence-electron chi connectivity index (χ1n) is 17.5. The SMILES string of the molecule is CCCCC/C=C\C/C=C\CCCCCCCC[N+](C)(C)CCCCCCCC/C=C\C/C=C\CCCCC.[Cl-]. The topological polar surface area (TPSA) is 0 Å². The Kier molecular flexibility index (Phi) is 35.6. The standard InChI is InChI=1S/C38H72N.ClH/c1-5-7-9-11-13-15-17-19-21-23-25-27-29-31-33-35-37-39(3,4)38-36-34-32-30-28-26-24-22-20-18-16-14-12-10-8-6-2;/h13-16,19-22H,5-12,17-18,23-38H2,1-4H3;1H/q+1;/p-1/b15-13-,16-14-,21-19-,22-20-;. The molecule has 0 aromatic heterocycles. The minimum atomic E-state index is 0. The fourth-order valence-corrected chi connectivity index (χ4v) is 5.17. The molecule has 1 nitrogen and oxygen atoms in total. The minimum Gasteiger partial charge on any atom is -1.00 e. The van der Waals surface area contributed by atoms with Crippen LogP contribution in [0, 0.1) is 0 Å². The summed E-state index contributed by atoms with van der Waals surface area (Å²) in [5.74, 6) is 0. The van der Waals surface area contributed by atoms with Gasteiger partial charge in [0.15, 0.2) is 0 Å². The molecular weight excluding hydrogens is 506 g/mol. The molecule has 0 atom stereocenters. The minimum absolute atomic E-state index is 0. The van der Waals surface area contributed by atoms with E-state index in [1.54, 1.807) is 0 Å². The number of quaternary nitrogens is 1. The van der Waals surface area contributed by atoms with Crippen LogP contribution in [0.4, 0.5) is 0 Å². The van der Waals surface area contributed by atoms with Gasteiger partial charge in [-0.2, -0.15) is 0 Å². The summed E-state index contributed by atoms with van der Waals surface area (Å²) in [6.45, 7) is 7.25. The quantitative estimate of drug-likeness (QED) is 0.0452. The van der Waals surface area contributed by atoms with Gasteiger partial charge in [-0.05, 0) is 89.9 Å². The lowest BCUT2D eigenvalue weighted by Gasteiger charge is -2.30. The van der Waals surface area contributed by atoms with Crippen molar-refractivity contribution in [2.75, 3.05) is 27.2 Å². The summed E-state index contributed by atoms with van der Waals surface area (Å²) in [6.07, 6.45) is 51.1. The van der Waals surface area contributed by atoms with E-state index in [-0.39, 0.29) is 12.4 Å². The maximum atomic E-state index is 2.44. The Morgan fingerprint density at radius 3 is 0.950 bits per heavy atom. The lowest BCUT2D eigenvalue weighted by molar-refractivity contribution is -0.890. The second-order valence-corrected chi connectivity index (χ2v) is 12.6. The molecule has 0 fully saturated rings. The van der Waals surface area contributed by atoms with Crippen LogP contribution in [-0.4, -0.2) is 31.7 Å². The average molecular weight is 578 g/mol. The van der Waals surface area contributed by atoms with Crippen molar-refractivity contribution in [3.05, 3.63) is 48.6 Å². The Morgan fingerprint density at radius 2 is 0.625 bits per heavy atom. The van der Waals surface area contributed by atoms with E-state index in [0.717, 1.165) is 12.8 Å². The average Bonchev–Trinajstić information content (AvgIpc) is 2.92. The van der Waals surface area contributed by atoms with Gasteiger partial charge in [-0.15, -0.1) is 0 Å². The third-order valence-corrected chi connectivity index (χ3v) is 7.93. The van der Waals surface area contributed by atoms with Crippen LogP contribution in [0.15, 0.2) is 48.6 Å². The molecule has 0 amide bonds. The van der Waals surface area contributed by atoms with Gasteiger partial charge < -0.3 is 16.9 Å². The van der Waals surface area contributed by atoms with E-state index in [0.29, 0.717) is 0 Å². The van der Waals surface area contributed by atoms with Gasteiger partial charge in [0.25, 0.3) is 0 Å². The maximum absolute atomic E-state index is 2.44. The molecule has 0 bridgehead atoms. The number of nitrogens with zero attached hydrogens (tertiary/aromatic N) is 1. The van der Waals surface area contributed by atoms with E-state index >= 15 is 0 Å². The van der Waals surface area contributed by atoms with E-state index in [9.17, 15) is 0 Å². The molecule has 2 heteroatoms. The van der Waals surface area contributed by atoms with Gasteiger partial charge >= 0.3 is 0 Å². The smallest absolute Gasteiger partial charge is 0.0782 e. The van der Waals surface area contributed by atoms with Crippen LogP contribution >= 0.6 is 0 Å². The zero-order valence-corrected chi connectivity index (χ0v) is 28.6. The van der Waals surface area contributed by atoms with E-state index in [2.05, 4.69) is 76.6 Å². The van der Waals surface area contributed by atoms with Crippen molar-refractivity contribution < 1.29 is 16.9 Å². The molecule has 0 aromatic carbocycles. The molecule has 0 saturated carbocycles. The third kappa shape index (κ3) is 35.2. The molecule has 0 N–H and O–H groups in total. The number of rotatable bonds is 30. The molecule has 0 rings (SSSR count). The van der Waals surface area contributed by atoms with Crippen LogP contribution in [0.2, 0.25) is 0 Å². The molecule has 236 valence electrons. The second kappa shape index (κ2) is 34.4. The summed E-state index contributed by atoms with van der Waals surface area (Å²) < 4.78 is 1.22.